The second-order valence-corrected chi connectivity index (χ2v) is 9.35. The summed E-state index contributed by atoms with van der Waals surface area (Å²) in [5, 5.41) is 3.47. The van der Waals surface area contributed by atoms with Crippen molar-refractivity contribution in [2.75, 3.05) is 17.3 Å². The Morgan fingerprint density at radius 1 is 1.29 bits per heavy atom. The highest BCUT2D eigenvalue weighted by molar-refractivity contribution is 7.83. The fourth-order valence-electron chi connectivity index (χ4n) is 2.72. The summed E-state index contributed by atoms with van der Waals surface area (Å²) in [5.41, 5.74) is 1.50. The van der Waals surface area contributed by atoms with Crippen LogP contribution in [0.3, 0.4) is 0 Å². The maximum atomic E-state index is 13.3. The third-order valence-corrected chi connectivity index (χ3v) is 6.80. The van der Waals surface area contributed by atoms with Crippen LogP contribution >= 0.6 is 11.3 Å². The lowest BCUT2D eigenvalue weighted by Gasteiger charge is -2.19. The molecular weight excluding hydrogens is 439 g/mol. The average Bonchev–Trinajstić information content (AvgIpc) is 3.45. The van der Waals surface area contributed by atoms with E-state index in [-0.39, 0.29) is 0 Å². The number of ether oxygens (including phenoxy) is 1. The van der Waals surface area contributed by atoms with Gasteiger partial charge >= 0.3 is 6.03 Å². The molecule has 0 saturated heterocycles. The molecule has 2 aromatic carbocycles. The van der Waals surface area contributed by atoms with Gasteiger partial charge in [-0.15, -0.1) is 0 Å². The van der Waals surface area contributed by atoms with E-state index in [1.165, 1.54) is 23.2 Å². The van der Waals surface area contributed by atoms with Crippen molar-refractivity contribution < 1.29 is 18.1 Å². The number of hydrogen-bond acceptors (Lipinski definition) is 5. The minimum atomic E-state index is -1.32. The molecule has 0 aliphatic heterocycles. The van der Waals surface area contributed by atoms with E-state index in [0.29, 0.717) is 32.6 Å². The maximum Gasteiger partial charge on any atom is 0.327 e. The van der Waals surface area contributed by atoms with Crippen LogP contribution in [0.15, 0.2) is 53.6 Å². The molecule has 1 heterocycles. The molecule has 1 aromatic heterocycles. The van der Waals surface area contributed by atoms with E-state index in [0.717, 1.165) is 29.7 Å². The topological polar surface area (TPSA) is 83.6 Å². The van der Waals surface area contributed by atoms with Crippen molar-refractivity contribution >= 4 is 39.2 Å². The van der Waals surface area contributed by atoms with Crippen LogP contribution in [-0.2, 0) is 11.0 Å². The predicted octanol–water partition coefficient (Wildman–Crippen LogP) is 4.83. The molecule has 0 bridgehead atoms. The number of thiazole rings is 1. The maximum absolute atomic E-state index is 13.3. The summed E-state index contributed by atoms with van der Waals surface area (Å²) in [6.07, 6.45) is 3.53. The Morgan fingerprint density at radius 3 is 2.84 bits per heavy atom. The zero-order valence-electron chi connectivity index (χ0n) is 16.9. The van der Waals surface area contributed by atoms with Gasteiger partial charge in [0.15, 0.2) is 5.13 Å². The molecule has 1 unspecified atom stereocenters. The Labute approximate surface area is 185 Å². The third kappa shape index (κ3) is 5.46. The summed E-state index contributed by atoms with van der Waals surface area (Å²) in [6, 6.07) is 11.1. The van der Waals surface area contributed by atoms with E-state index >= 15 is 0 Å². The number of aromatic nitrogens is 1. The lowest BCUT2D eigenvalue weighted by molar-refractivity contribution is 0.258. The molecule has 1 saturated carbocycles. The van der Waals surface area contributed by atoms with Gasteiger partial charge in [-0.1, -0.05) is 23.5 Å². The molecule has 7 nitrogen and oxygen atoms in total. The Hall–Kier alpha value is -2.82. The summed E-state index contributed by atoms with van der Waals surface area (Å²) in [6.45, 7) is 1.89. The van der Waals surface area contributed by atoms with Crippen molar-refractivity contribution in [3.8, 4) is 10.8 Å². The van der Waals surface area contributed by atoms with Crippen molar-refractivity contribution in [1.29, 1.82) is 0 Å². The summed E-state index contributed by atoms with van der Waals surface area (Å²) < 4.78 is 34.5. The first-order chi connectivity index (χ1) is 14.9. The molecule has 3 aromatic rings. The molecule has 1 aliphatic carbocycles. The van der Waals surface area contributed by atoms with E-state index in [1.807, 2.05) is 13.0 Å². The number of carbonyl (C=O) groups excluding carboxylic acids is 1. The molecule has 162 valence electrons. The van der Waals surface area contributed by atoms with Gasteiger partial charge in [0.25, 0.3) is 0 Å². The molecule has 2 N–H and O–H groups in total. The number of nitrogens with one attached hydrogen (secondary N) is 2. The summed E-state index contributed by atoms with van der Waals surface area (Å²) in [5.74, 6) is -0.0541. The molecule has 10 heteroatoms. The van der Waals surface area contributed by atoms with Crippen LogP contribution < -0.4 is 19.7 Å². The van der Waals surface area contributed by atoms with Gasteiger partial charge in [0.05, 0.1) is 11.1 Å². The second kappa shape index (κ2) is 9.13. The van der Waals surface area contributed by atoms with Crippen LogP contribution in [0.1, 0.15) is 18.4 Å². The van der Waals surface area contributed by atoms with Crippen molar-refractivity contribution in [3.05, 3.63) is 60.0 Å². The number of aryl methyl sites for hydroxylation is 1. The first-order valence-electron chi connectivity index (χ1n) is 9.61. The second-order valence-electron chi connectivity index (χ2n) is 7.14. The quantitative estimate of drug-likeness (QED) is 0.529. The minimum Gasteiger partial charge on any atom is -0.445 e. The van der Waals surface area contributed by atoms with E-state index in [2.05, 4.69) is 15.0 Å². The Bertz CT molecular complexity index is 1130. The summed E-state index contributed by atoms with van der Waals surface area (Å²) >= 11 is 1.13. The van der Waals surface area contributed by atoms with Crippen molar-refractivity contribution in [1.82, 2.24) is 9.71 Å². The molecule has 0 radical (unpaired) electrons. The van der Waals surface area contributed by atoms with Crippen molar-refractivity contribution in [2.45, 2.75) is 30.7 Å². The van der Waals surface area contributed by atoms with Gasteiger partial charge in [0.2, 0.25) is 5.06 Å². The van der Waals surface area contributed by atoms with Gasteiger partial charge in [-0.2, -0.15) is 0 Å². The summed E-state index contributed by atoms with van der Waals surface area (Å²) in [7, 11) is 0.303. The number of urea groups is 1. The average molecular weight is 461 g/mol. The number of rotatable bonds is 7. The molecule has 1 fully saturated rings. The van der Waals surface area contributed by atoms with Crippen LogP contribution in [0.5, 0.6) is 10.8 Å². The van der Waals surface area contributed by atoms with Crippen LogP contribution in [-0.4, -0.2) is 28.3 Å². The standard InChI is InChI=1S/C21H21FN4O3S2/c1-13-6-9-16(11-18(13)31(28)25-15-7-8-15)26(2)21(27)24-20-23-12-19(30-20)29-17-5-3-4-14(22)10-17/h3-6,9-12,15,25H,7-8H2,1-2H3,(H,23,24,27). The third-order valence-electron chi connectivity index (χ3n) is 4.63. The number of carbonyl (C=O) groups is 1. The summed E-state index contributed by atoms with van der Waals surface area (Å²) in [4.78, 5) is 18.9. The first kappa shape index (κ1) is 21.4. The van der Waals surface area contributed by atoms with E-state index in [1.54, 1.807) is 31.3 Å². The fraction of sp³-hybridized carbons (Fsp3) is 0.238. The lowest BCUT2D eigenvalue weighted by atomic mass is 10.2. The molecule has 31 heavy (non-hydrogen) atoms. The number of benzene rings is 2. The van der Waals surface area contributed by atoms with Gasteiger partial charge in [0, 0.05) is 24.8 Å². The number of amides is 2. The number of hydrogen-bond donors (Lipinski definition) is 2. The largest absolute Gasteiger partial charge is 0.445 e. The lowest BCUT2D eigenvalue weighted by Crippen LogP contribution is -2.31. The number of halogens is 1. The van der Waals surface area contributed by atoms with E-state index in [4.69, 9.17) is 4.74 Å². The van der Waals surface area contributed by atoms with Gasteiger partial charge in [0.1, 0.15) is 22.6 Å². The number of anilines is 2. The SMILES string of the molecule is Cc1ccc(N(C)C(=O)Nc2ncc(Oc3cccc(F)c3)s2)cc1S(=O)NC1CC1. The highest BCUT2D eigenvalue weighted by atomic mass is 32.2. The van der Waals surface area contributed by atoms with Crippen LogP contribution in [0, 0.1) is 12.7 Å². The fourth-order valence-corrected chi connectivity index (χ4v) is 4.65. The molecule has 2 amide bonds. The van der Waals surface area contributed by atoms with E-state index < -0.39 is 22.8 Å². The Kier molecular flexibility index (Phi) is 6.30. The molecule has 4 rings (SSSR count). The zero-order valence-corrected chi connectivity index (χ0v) is 18.6. The van der Waals surface area contributed by atoms with Crippen molar-refractivity contribution in [3.63, 3.8) is 0 Å². The van der Waals surface area contributed by atoms with Gasteiger partial charge in [-0.3, -0.25) is 10.2 Å². The Balaban J connectivity index is 1.41. The van der Waals surface area contributed by atoms with E-state index in [9.17, 15) is 13.4 Å². The molecular formula is C21H21FN4O3S2. The van der Waals surface area contributed by atoms with Gasteiger partial charge in [-0.05, 0) is 49.6 Å². The van der Waals surface area contributed by atoms with Crippen LogP contribution in [0.25, 0.3) is 0 Å². The van der Waals surface area contributed by atoms with Crippen molar-refractivity contribution in [2.24, 2.45) is 0 Å². The highest BCUT2D eigenvalue weighted by Gasteiger charge is 2.24. The minimum absolute atomic E-state index is 0.304. The molecule has 1 atom stereocenters. The highest BCUT2D eigenvalue weighted by Crippen LogP contribution is 2.31. The Morgan fingerprint density at radius 2 is 2.10 bits per heavy atom. The van der Waals surface area contributed by atoms with Crippen LogP contribution in [0.4, 0.5) is 20.0 Å². The predicted molar refractivity (Wildman–Crippen MR) is 120 cm³/mol. The van der Waals surface area contributed by atoms with Gasteiger partial charge < -0.3 is 4.74 Å². The smallest absolute Gasteiger partial charge is 0.327 e. The normalized spacial score (nSPS) is 14.2. The zero-order chi connectivity index (χ0) is 22.0. The molecule has 1 aliphatic rings. The first-order valence-corrected chi connectivity index (χ1v) is 11.6. The van der Waals surface area contributed by atoms with Crippen LogP contribution in [0.2, 0.25) is 0 Å². The van der Waals surface area contributed by atoms with Gasteiger partial charge in [-0.25, -0.2) is 23.1 Å². The monoisotopic (exact) mass is 460 g/mol. The number of nitrogens with zero attached hydrogens (tertiary/aromatic N) is 2. The molecule has 0 spiro atoms.